The van der Waals surface area contributed by atoms with Crippen molar-refractivity contribution in [2.75, 3.05) is 6.54 Å². The summed E-state index contributed by atoms with van der Waals surface area (Å²) in [6.07, 6.45) is -0.364. The monoisotopic (exact) mass is 493 g/mol. The van der Waals surface area contributed by atoms with Gasteiger partial charge in [0.1, 0.15) is 23.1 Å². The van der Waals surface area contributed by atoms with Gasteiger partial charge < -0.3 is 24.8 Å². The number of hydrogen-bond donors (Lipinski definition) is 3. The van der Waals surface area contributed by atoms with E-state index in [4.69, 9.17) is 31.3 Å². The zero-order valence-electron chi connectivity index (χ0n) is 20.9. The summed E-state index contributed by atoms with van der Waals surface area (Å²) < 4.78 is 17.1. The molecule has 0 saturated carbocycles. The molecule has 34 heavy (non-hydrogen) atoms. The van der Waals surface area contributed by atoms with Crippen molar-refractivity contribution < 1.29 is 28.6 Å². The maximum absolute atomic E-state index is 13.2. The second-order valence-corrected chi connectivity index (χ2v) is 11.1. The Balaban J connectivity index is 1.79. The van der Waals surface area contributed by atoms with Crippen LogP contribution in [0.2, 0.25) is 0 Å². The molecule has 9 nitrogen and oxygen atoms in total. The zero-order chi connectivity index (χ0) is 25.3. The number of carbonyl (C=O) groups excluding carboxylic acids is 2. The van der Waals surface area contributed by atoms with Gasteiger partial charge in [0.15, 0.2) is 5.11 Å². The first-order valence-corrected chi connectivity index (χ1v) is 11.8. The van der Waals surface area contributed by atoms with E-state index in [1.54, 1.807) is 48.5 Å². The lowest BCUT2D eigenvalue weighted by atomic mass is 9.89. The minimum Gasteiger partial charge on any atom is -0.486 e. The first-order chi connectivity index (χ1) is 15.7. The van der Waals surface area contributed by atoms with E-state index >= 15 is 0 Å². The number of hydroxylamine groups is 1. The molecule has 0 aliphatic carbocycles. The number of hydrogen-bond acceptors (Lipinski definition) is 7. The Labute approximate surface area is 206 Å². The average molecular weight is 494 g/mol. The Bertz CT molecular complexity index is 955. The normalized spacial score (nSPS) is 21.8. The van der Waals surface area contributed by atoms with Crippen molar-refractivity contribution >= 4 is 29.4 Å². The summed E-state index contributed by atoms with van der Waals surface area (Å²) in [5.41, 5.74) is 1.30. The molecule has 1 amide bonds. The Morgan fingerprint density at radius 3 is 2.35 bits per heavy atom. The highest BCUT2D eigenvalue weighted by atomic mass is 32.1. The van der Waals surface area contributed by atoms with Crippen LogP contribution in [0, 0.1) is 0 Å². The third-order valence-corrected chi connectivity index (χ3v) is 5.63. The molecule has 0 spiro atoms. The standard InChI is InChI=1S/C24H35N3O6S/c1-22(2,3)31-19(28)24(7,33-27-21(29)32-23(4,5)6)18-11-9-15-12-14(8-10-17(15)30-18)16-13-25-20(34)26-16/h8,10,12,16,18H,9,11,13H2,1-7H3,(H,27,29)(H2,25,26,34)/t16?,18-,24+/m1/s1. The lowest BCUT2D eigenvalue weighted by Crippen LogP contribution is -2.58. The van der Waals surface area contributed by atoms with Gasteiger partial charge in [-0.05, 0) is 96.8 Å². The molecular weight excluding hydrogens is 458 g/mol. The Morgan fingerprint density at radius 2 is 1.76 bits per heavy atom. The molecule has 1 unspecified atom stereocenters. The summed E-state index contributed by atoms with van der Waals surface area (Å²) in [4.78, 5) is 31.1. The summed E-state index contributed by atoms with van der Waals surface area (Å²) in [7, 11) is 0. The lowest BCUT2D eigenvalue weighted by Gasteiger charge is -2.39. The molecule has 2 aliphatic heterocycles. The molecule has 2 aliphatic rings. The molecule has 3 N–H and O–H groups in total. The van der Waals surface area contributed by atoms with E-state index < -0.39 is 35.0 Å². The van der Waals surface area contributed by atoms with Crippen LogP contribution >= 0.6 is 12.2 Å². The Kier molecular flexibility index (Phi) is 7.33. The van der Waals surface area contributed by atoms with Gasteiger partial charge in [-0.15, -0.1) is 0 Å². The molecule has 2 heterocycles. The summed E-state index contributed by atoms with van der Waals surface area (Å²) in [6, 6.07) is 6.04. The van der Waals surface area contributed by atoms with E-state index in [0.717, 1.165) is 17.7 Å². The Hall–Kier alpha value is -2.59. The minimum atomic E-state index is -1.61. The van der Waals surface area contributed by atoms with E-state index in [1.165, 1.54) is 0 Å². The molecule has 0 radical (unpaired) electrons. The van der Waals surface area contributed by atoms with Crippen LogP contribution in [0.1, 0.15) is 72.1 Å². The van der Waals surface area contributed by atoms with E-state index in [0.29, 0.717) is 23.7 Å². The van der Waals surface area contributed by atoms with Gasteiger partial charge >= 0.3 is 12.1 Å². The lowest BCUT2D eigenvalue weighted by molar-refractivity contribution is -0.205. The molecule has 1 aromatic carbocycles. The molecule has 0 aromatic heterocycles. The maximum atomic E-state index is 13.2. The van der Waals surface area contributed by atoms with Crippen molar-refractivity contribution in [3.05, 3.63) is 29.3 Å². The quantitative estimate of drug-likeness (QED) is 0.323. The van der Waals surface area contributed by atoms with Gasteiger partial charge in [0.25, 0.3) is 0 Å². The number of thiocarbonyl (C=S) groups is 1. The average Bonchev–Trinajstić information content (AvgIpc) is 3.15. The van der Waals surface area contributed by atoms with Crippen LogP contribution in [0.3, 0.4) is 0 Å². The van der Waals surface area contributed by atoms with E-state index in [9.17, 15) is 9.59 Å². The fourth-order valence-electron chi connectivity index (χ4n) is 3.73. The highest BCUT2D eigenvalue weighted by Gasteiger charge is 2.50. The maximum Gasteiger partial charge on any atom is 0.431 e. The van der Waals surface area contributed by atoms with Gasteiger partial charge in [0, 0.05) is 6.54 Å². The van der Waals surface area contributed by atoms with Crippen LogP contribution in [-0.4, -0.2) is 46.6 Å². The minimum absolute atomic E-state index is 0.101. The topological polar surface area (TPSA) is 107 Å². The molecule has 0 bridgehead atoms. The Morgan fingerprint density at radius 1 is 1.09 bits per heavy atom. The zero-order valence-corrected chi connectivity index (χ0v) is 21.7. The number of fused-ring (bicyclic) bond motifs is 1. The van der Waals surface area contributed by atoms with E-state index in [1.807, 2.05) is 12.1 Å². The highest BCUT2D eigenvalue weighted by molar-refractivity contribution is 7.80. The number of amides is 1. The van der Waals surface area contributed by atoms with Crippen LogP contribution < -0.4 is 20.9 Å². The van der Waals surface area contributed by atoms with Crippen LogP contribution in [0.4, 0.5) is 4.79 Å². The third kappa shape index (κ3) is 6.50. The molecule has 3 atom stereocenters. The fourth-order valence-corrected chi connectivity index (χ4v) is 3.96. The molecule has 188 valence electrons. The smallest absolute Gasteiger partial charge is 0.431 e. The number of rotatable bonds is 5. The molecule has 1 saturated heterocycles. The van der Waals surface area contributed by atoms with Crippen LogP contribution in [0.25, 0.3) is 0 Å². The summed E-state index contributed by atoms with van der Waals surface area (Å²) in [6.45, 7) is 12.8. The summed E-state index contributed by atoms with van der Waals surface area (Å²) in [5.74, 6) is 0.0139. The van der Waals surface area contributed by atoms with Crippen molar-refractivity contribution in [2.45, 2.75) is 90.3 Å². The van der Waals surface area contributed by atoms with Crippen molar-refractivity contribution in [1.29, 1.82) is 0 Å². The van der Waals surface area contributed by atoms with Gasteiger partial charge in [0.05, 0.1) is 6.04 Å². The second-order valence-electron chi connectivity index (χ2n) is 10.7. The predicted molar refractivity (Wildman–Crippen MR) is 130 cm³/mol. The number of carbonyl (C=O) groups is 2. The second kappa shape index (κ2) is 9.58. The van der Waals surface area contributed by atoms with Crippen molar-refractivity contribution in [1.82, 2.24) is 16.1 Å². The van der Waals surface area contributed by atoms with E-state index in [2.05, 4.69) is 22.2 Å². The molecular formula is C24H35N3O6S. The highest BCUT2D eigenvalue weighted by Crippen LogP contribution is 2.36. The van der Waals surface area contributed by atoms with Crippen molar-refractivity contribution in [2.24, 2.45) is 0 Å². The van der Waals surface area contributed by atoms with Gasteiger partial charge in [-0.25, -0.2) is 14.4 Å². The first-order valence-electron chi connectivity index (χ1n) is 11.4. The van der Waals surface area contributed by atoms with Crippen LogP contribution in [-0.2, 0) is 25.5 Å². The van der Waals surface area contributed by atoms with Gasteiger partial charge in [-0.3, -0.25) is 0 Å². The third-order valence-electron chi connectivity index (χ3n) is 5.37. The van der Waals surface area contributed by atoms with E-state index in [-0.39, 0.29) is 6.04 Å². The fraction of sp³-hybridized carbons (Fsp3) is 0.625. The SMILES string of the molecule is CC(C)(C)OC(=O)NO[C@](C)(C(=O)OC(C)(C)C)[C@H]1CCc2cc(C3CNC(=S)N3)ccc2O1. The molecule has 1 fully saturated rings. The number of aryl methyl sites for hydroxylation is 1. The molecule has 1 aromatic rings. The van der Waals surface area contributed by atoms with Crippen LogP contribution in [0.5, 0.6) is 5.75 Å². The van der Waals surface area contributed by atoms with Gasteiger partial charge in [0.2, 0.25) is 5.60 Å². The number of ether oxygens (including phenoxy) is 3. The van der Waals surface area contributed by atoms with Crippen molar-refractivity contribution in [3.8, 4) is 5.75 Å². The molecule has 10 heteroatoms. The largest absolute Gasteiger partial charge is 0.486 e. The summed E-state index contributed by atoms with van der Waals surface area (Å²) >= 11 is 5.16. The van der Waals surface area contributed by atoms with Crippen molar-refractivity contribution in [3.63, 3.8) is 0 Å². The number of benzene rings is 1. The van der Waals surface area contributed by atoms with Gasteiger partial charge in [-0.1, -0.05) is 6.07 Å². The summed E-state index contributed by atoms with van der Waals surface area (Å²) in [5, 5.41) is 7.00. The number of nitrogens with one attached hydrogen (secondary N) is 3. The molecule has 3 rings (SSSR count). The van der Waals surface area contributed by atoms with Crippen LogP contribution in [0.15, 0.2) is 18.2 Å². The first kappa shape index (κ1) is 26.0. The predicted octanol–water partition coefficient (Wildman–Crippen LogP) is 3.46. The number of esters is 1. The van der Waals surface area contributed by atoms with Gasteiger partial charge in [-0.2, -0.15) is 5.48 Å².